The second-order valence-electron chi connectivity index (χ2n) is 11.4. The summed E-state index contributed by atoms with van der Waals surface area (Å²) in [5.41, 5.74) is 0. The molecule has 0 aromatic rings. The van der Waals surface area contributed by atoms with E-state index in [4.69, 9.17) is 9.47 Å². The number of unbranched alkanes of at least 4 members (excludes halogenated alkanes) is 22. The third-order valence-corrected chi connectivity index (χ3v) is 9.79. The monoisotopic (exact) mass is 602 g/mol. The van der Waals surface area contributed by atoms with Crippen molar-refractivity contribution in [3.63, 3.8) is 0 Å². The van der Waals surface area contributed by atoms with Gasteiger partial charge in [-0.05, 0) is 12.8 Å². The molecule has 0 radical (unpaired) electrons. The molecule has 0 amide bonds. The van der Waals surface area contributed by atoms with Crippen LogP contribution in [0.2, 0.25) is 0 Å². The SMILES string of the molecule is CCCCCCCCCCCCCCOC(=O)CCSSCCC(=O)OCCCCCCCCCCCCCC. The average Bonchev–Trinajstić information content (AvgIpc) is 2.95. The van der Waals surface area contributed by atoms with E-state index in [2.05, 4.69) is 13.8 Å². The van der Waals surface area contributed by atoms with Crippen LogP contribution in [0, 0.1) is 0 Å². The second-order valence-corrected chi connectivity index (χ2v) is 14.1. The second kappa shape index (κ2) is 34.8. The van der Waals surface area contributed by atoms with E-state index in [0.29, 0.717) is 26.1 Å². The standard InChI is InChI=1S/C34H66O4S2/c1-3-5-7-9-11-13-15-17-19-21-23-25-29-37-33(35)27-31-39-40-32-28-34(36)38-30-26-24-22-20-18-16-14-12-10-8-6-4-2/h3-32H2,1-2H3. The average molecular weight is 603 g/mol. The molecule has 0 aliphatic carbocycles. The van der Waals surface area contributed by atoms with E-state index < -0.39 is 0 Å². The summed E-state index contributed by atoms with van der Waals surface area (Å²) in [6.45, 7) is 5.65. The molecule has 0 aromatic carbocycles. The Kier molecular flexibility index (Phi) is 34.5. The quantitative estimate of drug-likeness (QED) is 0.0423. The largest absolute Gasteiger partial charge is 0.466 e. The molecule has 0 aliphatic heterocycles. The van der Waals surface area contributed by atoms with Crippen LogP contribution in [0.15, 0.2) is 0 Å². The Bertz CT molecular complexity index is 484. The molecule has 0 aliphatic rings. The fourth-order valence-electron chi connectivity index (χ4n) is 4.77. The topological polar surface area (TPSA) is 52.6 Å². The highest BCUT2D eigenvalue weighted by molar-refractivity contribution is 8.76. The van der Waals surface area contributed by atoms with Crippen LogP contribution in [0.3, 0.4) is 0 Å². The van der Waals surface area contributed by atoms with Crippen LogP contribution >= 0.6 is 21.6 Å². The van der Waals surface area contributed by atoms with Gasteiger partial charge in [-0.25, -0.2) is 0 Å². The van der Waals surface area contributed by atoms with Crippen LogP contribution in [0.4, 0.5) is 0 Å². The first kappa shape index (κ1) is 39.6. The van der Waals surface area contributed by atoms with Crippen molar-refractivity contribution in [2.24, 2.45) is 0 Å². The Hall–Kier alpha value is -0.360. The lowest BCUT2D eigenvalue weighted by molar-refractivity contribution is -0.144. The van der Waals surface area contributed by atoms with Crippen molar-refractivity contribution >= 4 is 33.5 Å². The first-order valence-electron chi connectivity index (χ1n) is 17.3. The van der Waals surface area contributed by atoms with Gasteiger partial charge < -0.3 is 9.47 Å². The zero-order chi connectivity index (χ0) is 29.2. The minimum absolute atomic E-state index is 0.0991. The van der Waals surface area contributed by atoms with E-state index in [9.17, 15) is 9.59 Å². The summed E-state index contributed by atoms with van der Waals surface area (Å²) in [7, 11) is 3.28. The van der Waals surface area contributed by atoms with Gasteiger partial charge in [-0.2, -0.15) is 0 Å². The Morgan fingerprint density at radius 3 is 0.925 bits per heavy atom. The van der Waals surface area contributed by atoms with Gasteiger partial charge in [0.1, 0.15) is 0 Å². The molecule has 0 rings (SSSR count). The lowest BCUT2D eigenvalue weighted by Gasteiger charge is -2.06. The highest BCUT2D eigenvalue weighted by atomic mass is 33.1. The van der Waals surface area contributed by atoms with E-state index >= 15 is 0 Å². The van der Waals surface area contributed by atoms with E-state index in [1.54, 1.807) is 21.6 Å². The molecule has 0 aromatic heterocycles. The minimum Gasteiger partial charge on any atom is -0.466 e. The van der Waals surface area contributed by atoms with Gasteiger partial charge in [0.25, 0.3) is 0 Å². The third kappa shape index (κ3) is 33.8. The van der Waals surface area contributed by atoms with E-state index in [1.807, 2.05) is 0 Å². The van der Waals surface area contributed by atoms with Gasteiger partial charge in [0.15, 0.2) is 0 Å². The van der Waals surface area contributed by atoms with Crippen molar-refractivity contribution in [2.45, 2.75) is 181 Å². The minimum atomic E-state index is -0.0991. The van der Waals surface area contributed by atoms with Gasteiger partial charge in [0.2, 0.25) is 0 Å². The number of esters is 2. The highest BCUT2D eigenvalue weighted by Crippen LogP contribution is 2.23. The van der Waals surface area contributed by atoms with E-state index in [-0.39, 0.29) is 11.9 Å². The molecule has 0 spiro atoms. The fraction of sp³-hybridized carbons (Fsp3) is 0.941. The van der Waals surface area contributed by atoms with Crippen LogP contribution < -0.4 is 0 Å². The van der Waals surface area contributed by atoms with Gasteiger partial charge >= 0.3 is 11.9 Å². The molecule has 0 N–H and O–H groups in total. The molecule has 238 valence electrons. The van der Waals surface area contributed by atoms with Gasteiger partial charge in [0.05, 0.1) is 26.1 Å². The summed E-state index contributed by atoms with van der Waals surface area (Å²) in [6, 6.07) is 0. The molecule has 0 unspecified atom stereocenters. The molecule has 0 saturated heterocycles. The zero-order valence-electron chi connectivity index (χ0n) is 26.7. The summed E-state index contributed by atoms with van der Waals surface area (Å²) >= 11 is 0. The molecule has 0 fully saturated rings. The molecule has 4 nitrogen and oxygen atoms in total. The van der Waals surface area contributed by atoms with E-state index in [0.717, 1.165) is 37.2 Å². The summed E-state index contributed by atoms with van der Waals surface area (Å²) in [5.74, 6) is 1.27. The van der Waals surface area contributed by atoms with Crippen LogP contribution in [0.25, 0.3) is 0 Å². The van der Waals surface area contributed by atoms with Gasteiger partial charge in [-0.3, -0.25) is 9.59 Å². The predicted octanol–water partition coefficient (Wildman–Crippen LogP) is 11.6. The molecular weight excluding hydrogens is 537 g/mol. The Morgan fingerprint density at radius 2 is 0.650 bits per heavy atom. The maximum Gasteiger partial charge on any atom is 0.306 e. The predicted molar refractivity (Wildman–Crippen MR) is 178 cm³/mol. The van der Waals surface area contributed by atoms with Crippen molar-refractivity contribution in [3.8, 4) is 0 Å². The maximum absolute atomic E-state index is 11.9. The number of rotatable bonds is 33. The summed E-state index contributed by atoms with van der Waals surface area (Å²) < 4.78 is 10.7. The van der Waals surface area contributed by atoms with Crippen LogP contribution in [0.1, 0.15) is 181 Å². The lowest BCUT2D eigenvalue weighted by atomic mass is 10.1. The first-order valence-corrected chi connectivity index (χ1v) is 19.7. The number of hydrogen-bond acceptors (Lipinski definition) is 6. The third-order valence-electron chi connectivity index (χ3n) is 7.38. The smallest absolute Gasteiger partial charge is 0.306 e. The lowest BCUT2D eigenvalue weighted by Crippen LogP contribution is -2.07. The summed E-state index contributed by atoms with van der Waals surface area (Å²) in [5, 5.41) is 0. The molecule has 40 heavy (non-hydrogen) atoms. The molecule has 0 bridgehead atoms. The zero-order valence-corrected chi connectivity index (χ0v) is 28.3. The van der Waals surface area contributed by atoms with Crippen molar-refractivity contribution in [1.29, 1.82) is 0 Å². The first-order chi connectivity index (χ1) is 19.7. The fourth-order valence-corrected chi connectivity index (χ4v) is 6.71. The van der Waals surface area contributed by atoms with Crippen molar-refractivity contribution in [2.75, 3.05) is 24.7 Å². The van der Waals surface area contributed by atoms with Crippen molar-refractivity contribution in [3.05, 3.63) is 0 Å². The van der Waals surface area contributed by atoms with Gasteiger partial charge in [-0.15, -0.1) is 0 Å². The number of hydrogen-bond donors (Lipinski definition) is 0. The number of carbonyl (C=O) groups is 2. The number of ether oxygens (including phenoxy) is 2. The molecular formula is C34H66O4S2. The van der Waals surface area contributed by atoms with Gasteiger partial charge in [-0.1, -0.05) is 177 Å². The Morgan fingerprint density at radius 1 is 0.400 bits per heavy atom. The van der Waals surface area contributed by atoms with E-state index in [1.165, 1.54) is 128 Å². The maximum atomic E-state index is 11.9. The Balaban J connectivity index is 3.26. The normalized spacial score (nSPS) is 11.2. The summed E-state index contributed by atoms with van der Waals surface area (Å²) in [6.07, 6.45) is 32.4. The van der Waals surface area contributed by atoms with Crippen LogP contribution in [0.5, 0.6) is 0 Å². The van der Waals surface area contributed by atoms with Crippen molar-refractivity contribution in [1.82, 2.24) is 0 Å². The van der Waals surface area contributed by atoms with Crippen LogP contribution in [-0.4, -0.2) is 36.7 Å². The van der Waals surface area contributed by atoms with Crippen molar-refractivity contribution < 1.29 is 19.1 Å². The summed E-state index contributed by atoms with van der Waals surface area (Å²) in [4.78, 5) is 23.7. The molecule has 0 heterocycles. The molecule has 6 heteroatoms. The van der Waals surface area contributed by atoms with Gasteiger partial charge in [0, 0.05) is 11.5 Å². The molecule has 0 saturated carbocycles. The molecule has 0 atom stereocenters. The Labute approximate surface area is 257 Å². The van der Waals surface area contributed by atoms with Crippen LogP contribution in [-0.2, 0) is 19.1 Å². The highest BCUT2D eigenvalue weighted by Gasteiger charge is 2.06. The number of carbonyl (C=O) groups excluding carboxylic acids is 2.